The van der Waals surface area contributed by atoms with Crippen LogP contribution in [-0.2, 0) is 12.8 Å². The molecule has 1 atom stereocenters. The van der Waals surface area contributed by atoms with Crippen LogP contribution in [0.2, 0.25) is 0 Å². The van der Waals surface area contributed by atoms with E-state index < -0.39 is 0 Å². The largest absolute Gasteiger partial charge is 0.508 e. The molecule has 0 radical (unpaired) electrons. The van der Waals surface area contributed by atoms with Crippen LogP contribution < -0.4 is 4.74 Å². The normalized spacial score (nSPS) is 17.7. The van der Waals surface area contributed by atoms with Crippen LogP contribution in [-0.4, -0.2) is 35.8 Å². The molecular weight excluding hydrogens is 290 g/mol. The third-order valence-corrected chi connectivity index (χ3v) is 4.71. The second-order valence-corrected chi connectivity index (χ2v) is 6.17. The third-order valence-electron chi connectivity index (χ3n) is 4.71. The number of rotatable bonds is 4. The van der Waals surface area contributed by atoms with Gasteiger partial charge in [-0.05, 0) is 67.3 Å². The predicted octanol–water partition coefficient (Wildman–Crippen LogP) is 3.27. The van der Waals surface area contributed by atoms with Crippen LogP contribution >= 0.6 is 0 Å². The molecule has 2 aromatic rings. The molecule has 4 nitrogen and oxygen atoms in total. The van der Waals surface area contributed by atoms with Gasteiger partial charge in [-0.15, -0.1) is 0 Å². The molecule has 4 heteroatoms. The lowest BCUT2D eigenvalue weighted by molar-refractivity contribution is 0.218. The molecule has 0 bridgehead atoms. The molecule has 0 saturated carbocycles. The molecular formula is C19H23NO3. The minimum atomic E-state index is 0.205. The van der Waals surface area contributed by atoms with Crippen molar-refractivity contribution in [3.8, 4) is 17.2 Å². The Labute approximate surface area is 136 Å². The standard InChI is InChI=1S/C19H23NO3/c1-20-10-9-14-11-19(23-2)18(22)12-16(14)17(20)8-5-13-3-6-15(21)7-4-13/h3-4,6-7,11-12,17,21-22H,5,8-10H2,1-2H3. The van der Waals surface area contributed by atoms with Crippen LogP contribution in [0.25, 0.3) is 0 Å². The highest BCUT2D eigenvalue weighted by molar-refractivity contribution is 5.48. The molecule has 0 saturated heterocycles. The van der Waals surface area contributed by atoms with Crippen LogP contribution in [0.5, 0.6) is 17.2 Å². The topological polar surface area (TPSA) is 52.9 Å². The number of hydrogen-bond acceptors (Lipinski definition) is 4. The lowest BCUT2D eigenvalue weighted by Gasteiger charge is -2.35. The molecule has 122 valence electrons. The zero-order chi connectivity index (χ0) is 16.4. The van der Waals surface area contributed by atoms with Gasteiger partial charge in [-0.3, -0.25) is 4.90 Å². The summed E-state index contributed by atoms with van der Waals surface area (Å²) >= 11 is 0. The summed E-state index contributed by atoms with van der Waals surface area (Å²) in [4.78, 5) is 2.34. The molecule has 2 N–H and O–H groups in total. The number of likely N-dealkylation sites (N-methyl/N-ethyl adjacent to an activating group) is 1. The molecule has 1 unspecified atom stereocenters. The zero-order valence-corrected chi connectivity index (χ0v) is 13.6. The number of phenolic OH excluding ortho intramolecular Hbond substituents is 2. The second-order valence-electron chi connectivity index (χ2n) is 6.17. The first-order valence-corrected chi connectivity index (χ1v) is 7.96. The van der Waals surface area contributed by atoms with E-state index in [2.05, 4.69) is 11.9 Å². The molecule has 0 spiro atoms. The number of benzene rings is 2. The van der Waals surface area contributed by atoms with Crippen LogP contribution in [0.4, 0.5) is 0 Å². The molecule has 3 rings (SSSR count). The SMILES string of the molecule is COc1cc2c(cc1O)C(CCc1ccc(O)cc1)N(C)CC2. The monoisotopic (exact) mass is 313 g/mol. The van der Waals surface area contributed by atoms with E-state index in [1.807, 2.05) is 24.3 Å². The van der Waals surface area contributed by atoms with Crippen molar-refractivity contribution in [1.29, 1.82) is 0 Å². The number of methoxy groups -OCH3 is 1. The summed E-state index contributed by atoms with van der Waals surface area (Å²) in [6.07, 6.45) is 2.87. The Bertz CT molecular complexity index is 682. The summed E-state index contributed by atoms with van der Waals surface area (Å²) in [6, 6.07) is 11.5. The van der Waals surface area contributed by atoms with E-state index >= 15 is 0 Å². The van der Waals surface area contributed by atoms with Crippen LogP contribution in [0, 0.1) is 0 Å². The Morgan fingerprint density at radius 1 is 1.17 bits per heavy atom. The van der Waals surface area contributed by atoms with Gasteiger partial charge in [-0.2, -0.15) is 0 Å². The minimum absolute atomic E-state index is 0.205. The van der Waals surface area contributed by atoms with Crippen molar-refractivity contribution >= 4 is 0 Å². The summed E-state index contributed by atoms with van der Waals surface area (Å²) in [5.74, 6) is 1.05. The van der Waals surface area contributed by atoms with Gasteiger partial charge in [0.2, 0.25) is 0 Å². The maximum Gasteiger partial charge on any atom is 0.160 e. The minimum Gasteiger partial charge on any atom is -0.508 e. The molecule has 0 amide bonds. The number of ether oxygens (including phenoxy) is 1. The fourth-order valence-corrected chi connectivity index (χ4v) is 3.35. The van der Waals surface area contributed by atoms with Crippen molar-refractivity contribution in [2.24, 2.45) is 0 Å². The Kier molecular flexibility index (Phi) is 4.44. The van der Waals surface area contributed by atoms with Crippen molar-refractivity contribution in [3.63, 3.8) is 0 Å². The van der Waals surface area contributed by atoms with E-state index in [1.54, 1.807) is 19.2 Å². The Morgan fingerprint density at radius 3 is 2.61 bits per heavy atom. The number of phenols is 2. The van der Waals surface area contributed by atoms with Crippen LogP contribution in [0.3, 0.4) is 0 Å². The molecule has 0 aliphatic carbocycles. The first-order chi connectivity index (χ1) is 11.1. The van der Waals surface area contributed by atoms with E-state index in [-0.39, 0.29) is 11.8 Å². The van der Waals surface area contributed by atoms with Gasteiger partial charge in [0.25, 0.3) is 0 Å². The van der Waals surface area contributed by atoms with E-state index in [9.17, 15) is 10.2 Å². The van der Waals surface area contributed by atoms with Crippen molar-refractivity contribution < 1.29 is 14.9 Å². The summed E-state index contributed by atoms with van der Waals surface area (Å²) in [7, 11) is 3.71. The van der Waals surface area contributed by atoms with Gasteiger partial charge in [-0.25, -0.2) is 0 Å². The van der Waals surface area contributed by atoms with E-state index in [0.29, 0.717) is 11.5 Å². The lowest BCUT2D eigenvalue weighted by atomic mass is 9.89. The Hall–Kier alpha value is -2.20. The van der Waals surface area contributed by atoms with Gasteiger partial charge in [-0.1, -0.05) is 12.1 Å². The highest BCUT2D eigenvalue weighted by atomic mass is 16.5. The molecule has 23 heavy (non-hydrogen) atoms. The third kappa shape index (κ3) is 3.27. The number of fused-ring (bicyclic) bond motifs is 1. The molecule has 0 aromatic heterocycles. The molecule has 0 fully saturated rings. The van der Waals surface area contributed by atoms with E-state index in [1.165, 1.54) is 16.7 Å². The molecule has 1 aliphatic rings. The highest BCUT2D eigenvalue weighted by Gasteiger charge is 2.26. The van der Waals surface area contributed by atoms with Gasteiger partial charge in [0.15, 0.2) is 11.5 Å². The van der Waals surface area contributed by atoms with Gasteiger partial charge < -0.3 is 14.9 Å². The Balaban J connectivity index is 1.82. The van der Waals surface area contributed by atoms with Crippen LogP contribution in [0.15, 0.2) is 36.4 Å². The predicted molar refractivity (Wildman–Crippen MR) is 90.2 cm³/mol. The second kappa shape index (κ2) is 6.50. The fourth-order valence-electron chi connectivity index (χ4n) is 3.35. The van der Waals surface area contributed by atoms with Crippen molar-refractivity contribution in [2.45, 2.75) is 25.3 Å². The first kappa shape index (κ1) is 15.7. The van der Waals surface area contributed by atoms with Gasteiger partial charge in [0, 0.05) is 12.6 Å². The van der Waals surface area contributed by atoms with Crippen molar-refractivity contribution in [1.82, 2.24) is 4.90 Å². The van der Waals surface area contributed by atoms with Crippen LogP contribution in [0.1, 0.15) is 29.2 Å². The highest BCUT2D eigenvalue weighted by Crippen LogP contribution is 2.38. The average molecular weight is 313 g/mol. The fraction of sp³-hybridized carbons (Fsp3) is 0.368. The Morgan fingerprint density at radius 2 is 1.91 bits per heavy atom. The molecule has 1 aliphatic heterocycles. The quantitative estimate of drug-likeness (QED) is 0.909. The maximum atomic E-state index is 10.1. The van der Waals surface area contributed by atoms with Gasteiger partial charge >= 0.3 is 0 Å². The number of nitrogens with zero attached hydrogens (tertiary/aromatic N) is 1. The summed E-state index contributed by atoms with van der Waals surface area (Å²) in [6.45, 7) is 1.00. The number of aromatic hydroxyl groups is 2. The molecule has 2 aromatic carbocycles. The van der Waals surface area contributed by atoms with E-state index in [4.69, 9.17) is 4.74 Å². The maximum absolute atomic E-state index is 10.1. The van der Waals surface area contributed by atoms with Crippen molar-refractivity contribution in [2.75, 3.05) is 20.7 Å². The average Bonchev–Trinajstić information content (AvgIpc) is 2.55. The first-order valence-electron chi connectivity index (χ1n) is 7.96. The summed E-state index contributed by atoms with van der Waals surface area (Å²) < 4.78 is 5.23. The smallest absolute Gasteiger partial charge is 0.160 e. The van der Waals surface area contributed by atoms with E-state index in [0.717, 1.165) is 25.8 Å². The zero-order valence-electron chi connectivity index (χ0n) is 13.6. The lowest BCUT2D eigenvalue weighted by Crippen LogP contribution is -2.32. The molecule has 1 heterocycles. The summed E-state index contributed by atoms with van der Waals surface area (Å²) in [5, 5.41) is 19.5. The summed E-state index contributed by atoms with van der Waals surface area (Å²) in [5.41, 5.74) is 3.66. The number of hydrogen-bond donors (Lipinski definition) is 2. The number of aryl methyl sites for hydroxylation is 1. The van der Waals surface area contributed by atoms with Gasteiger partial charge in [0.05, 0.1) is 7.11 Å². The van der Waals surface area contributed by atoms with Crippen molar-refractivity contribution in [3.05, 3.63) is 53.1 Å². The van der Waals surface area contributed by atoms with Gasteiger partial charge in [0.1, 0.15) is 5.75 Å².